The fraction of sp³-hybridized carbons (Fsp3) is 0.500. The van der Waals surface area contributed by atoms with Crippen molar-refractivity contribution < 1.29 is 9.18 Å². The van der Waals surface area contributed by atoms with Crippen molar-refractivity contribution in [1.29, 1.82) is 0 Å². The quantitative estimate of drug-likeness (QED) is 0.693. The number of amides is 1. The van der Waals surface area contributed by atoms with E-state index < -0.39 is 0 Å². The first-order valence-electron chi connectivity index (χ1n) is 10.3. The minimum Gasteiger partial charge on any atom is -0.356 e. The van der Waals surface area contributed by atoms with Crippen LogP contribution < -0.4 is 10.2 Å². The minimum atomic E-state index is -0.260. The molecule has 0 bridgehead atoms. The van der Waals surface area contributed by atoms with Crippen LogP contribution in [-0.2, 0) is 4.79 Å². The van der Waals surface area contributed by atoms with E-state index in [1.165, 1.54) is 31.4 Å². The minimum absolute atomic E-state index is 0.0841. The van der Waals surface area contributed by atoms with Gasteiger partial charge in [-0.15, -0.1) is 0 Å². The van der Waals surface area contributed by atoms with Gasteiger partial charge in [0.15, 0.2) is 0 Å². The highest BCUT2D eigenvalue weighted by Gasteiger charge is 2.25. The lowest BCUT2D eigenvalue weighted by atomic mass is 9.95. The smallest absolute Gasteiger partial charge is 0.223 e. The molecule has 1 fully saturated rings. The van der Waals surface area contributed by atoms with E-state index in [9.17, 15) is 9.18 Å². The number of aromatic nitrogens is 2. The zero-order chi connectivity index (χ0) is 19.8. The van der Waals surface area contributed by atoms with Crippen molar-refractivity contribution in [2.75, 3.05) is 24.5 Å². The number of unbranched alkanes of at least 4 members (excludes halogenated alkanes) is 3. The number of nitrogens with zero attached hydrogens (tertiary/aromatic N) is 3. The normalized spacial score (nSPS) is 14.9. The van der Waals surface area contributed by atoms with Gasteiger partial charge in [0, 0.05) is 37.2 Å². The molecular weight excluding hydrogens is 355 g/mol. The van der Waals surface area contributed by atoms with Crippen molar-refractivity contribution in [1.82, 2.24) is 15.3 Å². The molecule has 0 atom stereocenters. The molecular formula is C22H29FN4O. The van der Waals surface area contributed by atoms with Crippen molar-refractivity contribution in [2.24, 2.45) is 5.92 Å². The van der Waals surface area contributed by atoms with E-state index >= 15 is 0 Å². The van der Waals surface area contributed by atoms with E-state index in [1.54, 1.807) is 18.5 Å². The van der Waals surface area contributed by atoms with Crippen LogP contribution in [0.1, 0.15) is 45.4 Å². The highest BCUT2D eigenvalue weighted by atomic mass is 19.1. The summed E-state index contributed by atoms with van der Waals surface area (Å²) >= 11 is 0. The lowest BCUT2D eigenvalue weighted by Gasteiger charge is -2.32. The van der Waals surface area contributed by atoms with Crippen molar-refractivity contribution in [3.05, 3.63) is 42.5 Å². The lowest BCUT2D eigenvalue weighted by Crippen LogP contribution is -2.41. The fourth-order valence-electron chi connectivity index (χ4n) is 3.58. The summed E-state index contributed by atoms with van der Waals surface area (Å²) in [4.78, 5) is 23.3. The second-order valence-electron chi connectivity index (χ2n) is 7.38. The third kappa shape index (κ3) is 5.50. The molecule has 1 N–H and O–H groups in total. The van der Waals surface area contributed by atoms with Gasteiger partial charge >= 0.3 is 0 Å². The third-order valence-corrected chi connectivity index (χ3v) is 5.31. The molecule has 28 heavy (non-hydrogen) atoms. The number of anilines is 1. The Bertz CT molecular complexity index is 757. The molecule has 5 nitrogen and oxygen atoms in total. The summed E-state index contributed by atoms with van der Waals surface area (Å²) in [6.07, 6.45) is 7.88. The SMILES string of the molecule is CCCCCCNC(=O)C1CCN(c2cc(-c3ccc(F)cc3)ncn2)CC1. The van der Waals surface area contributed by atoms with Crippen LogP contribution in [0, 0.1) is 11.7 Å². The maximum Gasteiger partial charge on any atom is 0.223 e. The number of benzene rings is 1. The summed E-state index contributed by atoms with van der Waals surface area (Å²) < 4.78 is 13.1. The number of carbonyl (C=O) groups excluding carboxylic acids is 1. The van der Waals surface area contributed by atoms with Crippen LogP contribution in [0.4, 0.5) is 10.2 Å². The lowest BCUT2D eigenvalue weighted by molar-refractivity contribution is -0.125. The van der Waals surface area contributed by atoms with Gasteiger partial charge in [0.05, 0.1) is 5.69 Å². The summed E-state index contributed by atoms with van der Waals surface area (Å²) in [6, 6.07) is 8.24. The Morgan fingerprint density at radius 1 is 1.14 bits per heavy atom. The van der Waals surface area contributed by atoms with E-state index in [0.717, 1.165) is 56.0 Å². The average molecular weight is 384 g/mol. The molecule has 0 spiro atoms. The maximum absolute atomic E-state index is 13.1. The Morgan fingerprint density at radius 3 is 2.61 bits per heavy atom. The summed E-state index contributed by atoms with van der Waals surface area (Å²) in [5.41, 5.74) is 1.64. The largest absolute Gasteiger partial charge is 0.356 e. The van der Waals surface area contributed by atoms with Crippen molar-refractivity contribution in [3.63, 3.8) is 0 Å². The van der Waals surface area contributed by atoms with E-state index in [4.69, 9.17) is 0 Å². The highest BCUT2D eigenvalue weighted by molar-refractivity contribution is 5.79. The molecule has 0 aliphatic carbocycles. The van der Waals surface area contributed by atoms with Gasteiger partial charge in [-0.1, -0.05) is 26.2 Å². The Morgan fingerprint density at radius 2 is 1.89 bits per heavy atom. The zero-order valence-corrected chi connectivity index (χ0v) is 16.5. The first-order valence-corrected chi connectivity index (χ1v) is 10.3. The van der Waals surface area contributed by atoms with Gasteiger partial charge in [-0.2, -0.15) is 0 Å². The Kier molecular flexibility index (Phi) is 7.34. The van der Waals surface area contributed by atoms with Crippen LogP contribution in [0.2, 0.25) is 0 Å². The van der Waals surface area contributed by atoms with Crippen molar-refractivity contribution in [2.45, 2.75) is 45.4 Å². The predicted octanol–water partition coefficient (Wildman–Crippen LogP) is 4.20. The van der Waals surface area contributed by atoms with Crippen LogP contribution in [0.15, 0.2) is 36.7 Å². The van der Waals surface area contributed by atoms with Crippen LogP contribution in [-0.4, -0.2) is 35.5 Å². The highest BCUT2D eigenvalue weighted by Crippen LogP contribution is 2.25. The Hall–Kier alpha value is -2.50. The van der Waals surface area contributed by atoms with Gasteiger partial charge in [0.2, 0.25) is 5.91 Å². The number of nitrogens with one attached hydrogen (secondary N) is 1. The van der Waals surface area contributed by atoms with E-state index in [1.807, 2.05) is 6.07 Å². The molecule has 2 heterocycles. The maximum atomic E-state index is 13.1. The number of hydrogen-bond donors (Lipinski definition) is 1. The predicted molar refractivity (Wildman–Crippen MR) is 110 cm³/mol. The summed E-state index contributed by atoms with van der Waals surface area (Å²) in [5, 5.41) is 3.09. The number of halogens is 1. The van der Waals surface area contributed by atoms with Crippen LogP contribution in [0.3, 0.4) is 0 Å². The standard InChI is InChI=1S/C22H29FN4O/c1-2-3-4-5-12-24-22(28)18-10-13-27(14-11-18)21-15-20(25-16-26-21)17-6-8-19(23)9-7-17/h6-9,15-16,18H,2-5,10-14H2,1H3,(H,24,28). The molecule has 1 aromatic carbocycles. The monoisotopic (exact) mass is 384 g/mol. The molecule has 2 aromatic rings. The molecule has 1 aliphatic heterocycles. The third-order valence-electron chi connectivity index (χ3n) is 5.31. The van der Waals surface area contributed by atoms with Crippen molar-refractivity contribution >= 4 is 11.7 Å². The van der Waals surface area contributed by atoms with Gasteiger partial charge in [0.1, 0.15) is 18.0 Å². The molecule has 0 radical (unpaired) electrons. The zero-order valence-electron chi connectivity index (χ0n) is 16.5. The number of carbonyl (C=O) groups is 1. The van der Waals surface area contributed by atoms with Gasteiger partial charge < -0.3 is 10.2 Å². The number of piperidine rings is 1. The molecule has 0 unspecified atom stereocenters. The van der Waals surface area contributed by atoms with E-state index in [2.05, 4.69) is 27.1 Å². The first kappa shape index (κ1) is 20.2. The second kappa shape index (κ2) is 10.2. The first-order chi connectivity index (χ1) is 13.7. The number of hydrogen-bond acceptors (Lipinski definition) is 4. The van der Waals surface area contributed by atoms with Crippen LogP contribution in [0.25, 0.3) is 11.3 Å². The molecule has 0 saturated carbocycles. The summed E-state index contributed by atoms with van der Waals surface area (Å²) in [6.45, 7) is 4.57. The molecule has 3 rings (SSSR count). The van der Waals surface area contributed by atoms with E-state index in [-0.39, 0.29) is 17.6 Å². The Labute approximate surface area is 166 Å². The van der Waals surface area contributed by atoms with E-state index in [0.29, 0.717) is 0 Å². The molecule has 1 saturated heterocycles. The molecule has 150 valence electrons. The van der Waals surface area contributed by atoms with Crippen LogP contribution >= 0.6 is 0 Å². The molecule has 1 amide bonds. The van der Waals surface area contributed by atoms with Gasteiger partial charge in [0.25, 0.3) is 0 Å². The summed E-state index contributed by atoms with van der Waals surface area (Å²) in [7, 11) is 0. The second-order valence-corrected chi connectivity index (χ2v) is 7.38. The molecule has 1 aliphatic rings. The topological polar surface area (TPSA) is 58.1 Å². The molecule has 6 heteroatoms. The summed E-state index contributed by atoms with van der Waals surface area (Å²) in [5.74, 6) is 0.864. The average Bonchev–Trinajstić information content (AvgIpc) is 2.74. The fourth-order valence-corrected chi connectivity index (χ4v) is 3.58. The van der Waals surface area contributed by atoms with Crippen LogP contribution in [0.5, 0.6) is 0 Å². The molecule has 1 aromatic heterocycles. The van der Waals surface area contributed by atoms with Crippen molar-refractivity contribution in [3.8, 4) is 11.3 Å². The van der Waals surface area contributed by atoms with Gasteiger partial charge in [-0.05, 0) is 43.5 Å². The Balaban J connectivity index is 1.51. The van der Waals surface area contributed by atoms with Gasteiger partial charge in [-0.25, -0.2) is 14.4 Å². The van der Waals surface area contributed by atoms with Gasteiger partial charge in [-0.3, -0.25) is 4.79 Å². The number of rotatable bonds is 8.